The summed E-state index contributed by atoms with van der Waals surface area (Å²) in [7, 11) is -3.40. The van der Waals surface area contributed by atoms with Gasteiger partial charge in [-0.15, -0.1) is 0 Å². The number of hydrogen-bond donors (Lipinski definition) is 1. The molecule has 0 radical (unpaired) electrons. The molecule has 2 aromatic carbocycles. The van der Waals surface area contributed by atoms with Gasteiger partial charge in [0.05, 0.1) is 18.0 Å². The second kappa shape index (κ2) is 9.24. The van der Waals surface area contributed by atoms with E-state index < -0.39 is 10.0 Å². The van der Waals surface area contributed by atoms with Crippen LogP contribution >= 0.6 is 0 Å². The molecule has 0 saturated heterocycles. The first kappa shape index (κ1) is 22.0. The van der Waals surface area contributed by atoms with E-state index in [0.29, 0.717) is 12.1 Å². The van der Waals surface area contributed by atoms with E-state index in [-0.39, 0.29) is 24.9 Å². The number of nitrogens with zero attached hydrogens (tertiary/aromatic N) is 1. The van der Waals surface area contributed by atoms with E-state index >= 15 is 0 Å². The van der Waals surface area contributed by atoms with Crippen LogP contribution in [0.15, 0.2) is 42.5 Å². The molecule has 0 aliphatic rings. The fourth-order valence-electron chi connectivity index (χ4n) is 3.01. The number of amides is 1. The molecule has 6 heteroatoms. The smallest absolute Gasteiger partial charge is 0.232 e. The Labute approximate surface area is 168 Å². The van der Waals surface area contributed by atoms with Crippen LogP contribution in [-0.2, 0) is 14.8 Å². The van der Waals surface area contributed by atoms with Gasteiger partial charge in [0.15, 0.2) is 0 Å². The molecule has 0 heterocycles. The van der Waals surface area contributed by atoms with Crippen molar-refractivity contribution in [1.82, 2.24) is 5.32 Å². The summed E-state index contributed by atoms with van der Waals surface area (Å²) >= 11 is 0. The van der Waals surface area contributed by atoms with Crippen LogP contribution in [0, 0.1) is 20.8 Å². The van der Waals surface area contributed by atoms with Gasteiger partial charge in [0.25, 0.3) is 0 Å². The lowest BCUT2D eigenvalue weighted by Crippen LogP contribution is -2.32. The first-order valence-electron chi connectivity index (χ1n) is 9.49. The van der Waals surface area contributed by atoms with Crippen molar-refractivity contribution >= 4 is 21.6 Å². The second-order valence-electron chi connectivity index (χ2n) is 7.41. The van der Waals surface area contributed by atoms with Gasteiger partial charge in [0.2, 0.25) is 15.9 Å². The van der Waals surface area contributed by atoms with E-state index in [4.69, 9.17) is 0 Å². The zero-order valence-electron chi connectivity index (χ0n) is 17.3. The number of hydrogen-bond acceptors (Lipinski definition) is 3. The van der Waals surface area contributed by atoms with E-state index in [1.54, 1.807) is 12.1 Å². The van der Waals surface area contributed by atoms with Crippen LogP contribution in [-0.4, -0.2) is 27.1 Å². The van der Waals surface area contributed by atoms with E-state index in [1.807, 2.05) is 32.0 Å². The molecule has 0 aliphatic carbocycles. The number of nitrogens with one attached hydrogen (secondary N) is 1. The Morgan fingerprint density at radius 2 is 1.68 bits per heavy atom. The zero-order valence-corrected chi connectivity index (χ0v) is 18.1. The Morgan fingerprint density at radius 1 is 1.04 bits per heavy atom. The number of benzene rings is 2. The van der Waals surface area contributed by atoms with Gasteiger partial charge in [-0.2, -0.15) is 0 Å². The molecule has 28 heavy (non-hydrogen) atoms. The summed E-state index contributed by atoms with van der Waals surface area (Å²) in [5.41, 5.74) is 5.17. The molecule has 1 atom stereocenters. The Hall–Kier alpha value is -2.34. The van der Waals surface area contributed by atoms with Crippen molar-refractivity contribution in [2.24, 2.45) is 0 Å². The molecule has 0 fully saturated rings. The second-order valence-corrected chi connectivity index (χ2v) is 9.31. The maximum absolute atomic E-state index is 12.3. The molecule has 2 rings (SSSR count). The molecule has 0 aromatic heterocycles. The van der Waals surface area contributed by atoms with Gasteiger partial charge >= 0.3 is 0 Å². The van der Waals surface area contributed by atoms with Crippen LogP contribution in [0.5, 0.6) is 0 Å². The maximum Gasteiger partial charge on any atom is 0.232 e. The molecule has 0 bridgehead atoms. The minimum absolute atomic E-state index is 0.0805. The van der Waals surface area contributed by atoms with Crippen LogP contribution in [0.1, 0.15) is 48.1 Å². The van der Waals surface area contributed by atoms with Gasteiger partial charge in [0, 0.05) is 13.0 Å². The third-order valence-electron chi connectivity index (χ3n) is 4.90. The lowest BCUT2D eigenvalue weighted by atomic mass is 10.0. The summed E-state index contributed by atoms with van der Waals surface area (Å²) in [5, 5.41) is 3.00. The first-order chi connectivity index (χ1) is 13.1. The van der Waals surface area contributed by atoms with Gasteiger partial charge in [-0.1, -0.05) is 35.9 Å². The highest BCUT2D eigenvalue weighted by molar-refractivity contribution is 7.92. The molecular weight excluding hydrogens is 372 g/mol. The van der Waals surface area contributed by atoms with Crippen LogP contribution in [0.4, 0.5) is 5.69 Å². The highest BCUT2D eigenvalue weighted by Gasteiger charge is 2.18. The Morgan fingerprint density at radius 3 is 2.25 bits per heavy atom. The molecule has 0 unspecified atom stereocenters. The van der Waals surface area contributed by atoms with Gasteiger partial charge in [-0.25, -0.2) is 8.42 Å². The Kier molecular flexibility index (Phi) is 7.24. The Balaban J connectivity index is 1.93. The average molecular weight is 403 g/mol. The third-order valence-corrected chi connectivity index (χ3v) is 6.09. The summed E-state index contributed by atoms with van der Waals surface area (Å²) in [6.07, 6.45) is 1.91. The Bertz CT molecular complexity index is 921. The number of anilines is 1. The standard InChI is InChI=1S/C22H30N2O3S/c1-16-8-12-21(13-9-16)24(28(5,26)27)14-6-7-22(25)23-19(4)20-11-10-17(2)18(3)15-20/h8-13,15,19H,6-7,14H2,1-5H3,(H,23,25)/t19-/m0/s1. The van der Waals surface area contributed by atoms with Gasteiger partial charge < -0.3 is 5.32 Å². The molecule has 0 spiro atoms. The predicted molar refractivity (Wildman–Crippen MR) is 115 cm³/mol. The van der Waals surface area contributed by atoms with E-state index in [0.717, 1.165) is 11.1 Å². The molecule has 0 saturated carbocycles. The van der Waals surface area contributed by atoms with E-state index in [1.165, 1.54) is 21.7 Å². The monoisotopic (exact) mass is 402 g/mol. The first-order valence-corrected chi connectivity index (χ1v) is 11.3. The van der Waals surface area contributed by atoms with Crippen molar-refractivity contribution in [2.45, 2.75) is 46.6 Å². The highest BCUT2D eigenvalue weighted by Crippen LogP contribution is 2.20. The summed E-state index contributed by atoms with van der Waals surface area (Å²) in [6, 6.07) is 13.4. The topological polar surface area (TPSA) is 66.5 Å². The van der Waals surface area contributed by atoms with Crippen molar-refractivity contribution < 1.29 is 13.2 Å². The summed E-state index contributed by atoms with van der Waals surface area (Å²) in [6.45, 7) is 8.29. The molecule has 0 aliphatic heterocycles. The predicted octanol–water partition coefficient (Wildman–Crippen LogP) is 4.04. The molecule has 1 N–H and O–H groups in total. The SMILES string of the molecule is Cc1ccc(N(CCCC(=O)N[C@@H](C)c2ccc(C)c(C)c2)S(C)(=O)=O)cc1. The number of sulfonamides is 1. The number of carbonyl (C=O) groups is 1. The lowest BCUT2D eigenvalue weighted by Gasteiger charge is -2.22. The largest absolute Gasteiger partial charge is 0.350 e. The fraction of sp³-hybridized carbons (Fsp3) is 0.409. The quantitative estimate of drug-likeness (QED) is 0.725. The molecule has 152 valence electrons. The number of rotatable bonds is 8. The van der Waals surface area contributed by atoms with Crippen LogP contribution in [0.25, 0.3) is 0 Å². The normalized spacial score (nSPS) is 12.5. The number of aryl methyl sites for hydroxylation is 3. The molecule has 2 aromatic rings. The van der Waals surface area contributed by atoms with E-state index in [2.05, 4.69) is 31.3 Å². The fourth-order valence-corrected chi connectivity index (χ4v) is 3.98. The molecule has 1 amide bonds. The lowest BCUT2D eigenvalue weighted by molar-refractivity contribution is -0.121. The van der Waals surface area contributed by atoms with Gasteiger partial charge in [-0.05, 0) is 62.9 Å². The molecule has 5 nitrogen and oxygen atoms in total. The summed E-state index contributed by atoms with van der Waals surface area (Å²) in [5.74, 6) is -0.0805. The van der Waals surface area contributed by atoms with Crippen LogP contribution in [0.3, 0.4) is 0 Å². The van der Waals surface area contributed by atoms with Gasteiger partial charge in [0.1, 0.15) is 0 Å². The maximum atomic E-state index is 12.3. The van der Waals surface area contributed by atoms with E-state index in [9.17, 15) is 13.2 Å². The molecular formula is C22H30N2O3S. The van der Waals surface area contributed by atoms with Crippen molar-refractivity contribution in [3.8, 4) is 0 Å². The van der Waals surface area contributed by atoms with Crippen LogP contribution in [0.2, 0.25) is 0 Å². The third kappa shape index (κ3) is 6.09. The van der Waals surface area contributed by atoms with Crippen molar-refractivity contribution in [1.29, 1.82) is 0 Å². The van der Waals surface area contributed by atoms with Crippen molar-refractivity contribution in [3.05, 3.63) is 64.7 Å². The summed E-state index contributed by atoms with van der Waals surface area (Å²) < 4.78 is 25.6. The average Bonchev–Trinajstić information content (AvgIpc) is 2.61. The highest BCUT2D eigenvalue weighted by atomic mass is 32.2. The zero-order chi connectivity index (χ0) is 20.9. The van der Waals surface area contributed by atoms with Crippen molar-refractivity contribution in [2.75, 3.05) is 17.1 Å². The van der Waals surface area contributed by atoms with Gasteiger partial charge in [-0.3, -0.25) is 9.10 Å². The minimum atomic E-state index is -3.40. The minimum Gasteiger partial charge on any atom is -0.350 e. The van der Waals surface area contributed by atoms with Crippen LogP contribution < -0.4 is 9.62 Å². The summed E-state index contributed by atoms with van der Waals surface area (Å²) in [4.78, 5) is 12.3. The number of carbonyl (C=O) groups excluding carboxylic acids is 1. The van der Waals surface area contributed by atoms with Crippen molar-refractivity contribution in [3.63, 3.8) is 0 Å².